The summed E-state index contributed by atoms with van der Waals surface area (Å²) in [6, 6.07) is 0.167. The largest absolute Gasteiger partial charge is 0.325 e. The molecule has 0 aliphatic heterocycles. The molecular weight excluding hydrogens is 158 g/mol. The van der Waals surface area contributed by atoms with E-state index in [1.54, 1.807) is 0 Å². The summed E-state index contributed by atoms with van der Waals surface area (Å²) in [4.78, 5) is 0. The fraction of sp³-hybridized carbons (Fsp3) is 0.667. The highest BCUT2D eigenvalue weighted by atomic mass is 14.6. The summed E-state index contributed by atoms with van der Waals surface area (Å²) in [7, 11) is 0. The Bertz CT molecular complexity index is 187. The van der Waals surface area contributed by atoms with Gasteiger partial charge >= 0.3 is 0 Å². The van der Waals surface area contributed by atoms with Crippen LogP contribution in [0, 0.1) is 0 Å². The Morgan fingerprint density at radius 2 is 2.00 bits per heavy atom. The lowest BCUT2D eigenvalue weighted by atomic mass is 10.0. The molecule has 0 spiro atoms. The van der Waals surface area contributed by atoms with Crippen LogP contribution in [0.25, 0.3) is 0 Å². The summed E-state index contributed by atoms with van der Waals surface area (Å²) < 4.78 is 0. The second kappa shape index (κ2) is 6.90. The Balaban J connectivity index is 4.39. The topological polar surface area (TPSA) is 26.0 Å². The van der Waals surface area contributed by atoms with Gasteiger partial charge in [0.2, 0.25) is 0 Å². The number of allylic oxidation sites excluding steroid dienone is 3. The lowest BCUT2D eigenvalue weighted by Crippen LogP contribution is -2.11. The minimum absolute atomic E-state index is 0.167. The molecule has 0 saturated heterocycles. The SMILES string of the molecule is CCCC=C(C)C(=CC(C)N)CC. The molecule has 0 aromatic heterocycles. The van der Waals surface area contributed by atoms with E-state index in [9.17, 15) is 0 Å². The van der Waals surface area contributed by atoms with Crippen molar-refractivity contribution in [2.45, 2.75) is 53.0 Å². The lowest BCUT2D eigenvalue weighted by molar-refractivity contribution is 0.896. The molecule has 0 aromatic carbocycles. The third kappa shape index (κ3) is 5.64. The van der Waals surface area contributed by atoms with Gasteiger partial charge in [0.1, 0.15) is 0 Å². The van der Waals surface area contributed by atoms with Crippen LogP contribution in [0.5, 0.6) is 0 Å². The molecule has 0 fully saturated rings. The average molecular weight is 181 g/mol. The van der Waals surface area contributed by atoms with Crippen molar-refractivity contribution < 1.29 is 0 Å². The van der Waals surface area contributed by atoms with Crippen molar-refractivity contribution in [3.05, 3.63) is 23.3 Å². The third-order valence-electron chi connectivity index (χ3n) is 2.09. The van der Waals surface area contributed by atoms with Crippen LogP contribution in [0.3, 0.4) is 0 Å². The van der Waals surface area contributed by atoms with E-state index in [1.807, 2.05) is 6.92 Å². The molecule has 0 aliphatic carbocycles. The van der Waals surface area contributed by atoms with Crippen LogP contribution in [0.2, 0.25) is 0 Å². The van der Waals surface area contributed by atoms with Crippen molar-refractivity contribution in [3.8, 4) is 0 Å². The van der Waals surface area contributed by atoms with Gasteiger partial charge in [0.05, 0.1) is 0 Å². The van der Waals surface area contributed by atoms with Crippen molar-refractivity contribution in [2.24, 2.45) is 5.73 Å². The highest BCUT2D eigenvalue weighted by Crippen LogP contribution is 2.14. The maximum atomic E-state index is 5.73. The molecule has 0 aromatic rings. The summed E-state index contributed by atoms with van der Waals surface area (Å²) in [5, 5.41) is 0. The van der Waals surface area contributed by atoms with Gasteiger partial charge in [-0.05, 0) is 32.3 Å². The summed E-state index contributed by atoms with van der Waals surface area (Å²) in [5.41, 5.74) is 8.51. The molecule has 0 rings (SSSR count). The molecule has 1 heteroatoms. The van der Waals surface area contributed by atoms with Crippen LogP contribution in [-0.4, -0.2) is 6.04 Å². The van der Waals surface area contributed by atoms with Crippen molar-refractivity contribution in [3.63, 3.8) is 0 Å². The minimum atomic E-state index is 0.167. The number of hydrogen-bond acceptors (Lipinski definition) is 1. The van der Waals surface area contributed by atoms with Crippen LogP contribution >= 0.6 is 0 Å². The lowest BCUT2D eigenvalue weighted by Gasteiger charge is -2.07. The number of hydrogen-bond donors (Lipinski definition) is 1. The zero-order valence-electron chi connectivity index (χ0n) is 9.43. The molecule has 1 atom stereocenters. The fourth-order valence-corrected chi connectivity index (χ4v) is 1.34. The molecule has 0 amide bonds. The first-order valence-corrected chi connectivity index (χ1v) is 5.25. The Morgan fingerprint density at radius 3 is 2.38 bits per heavy atom. The van der Waals surface area contributed by atoms with E-state index in [-0.39, 0.29) is 6.04 Å². The van der Waals surface area contributed by atoms with Crippen LogP contribution in [0.1, 0.15) is 47.0 Å². The average Bonchev–Trinajstić information content (AvgIpc) is 2.09. The summed E-state index contributed by atoms with van der Waals surface area (Å²) in [5.74, 6) is 0. The van der Waals surface area contributed by atoms with Gasteiger partial charge in [0, 0.05) is 6.04 Å². The molecule has 76 valence electrons. The van der Waals surface area contributed by atoms with Crippen LogP contribution in [0.4, 0.5) is 0 Å². The monoisotopic (exact) mass is 181 g/mol. The zero-order valence-corrected chi connectivity index (χ0v) is 9.43. The molecule has 0 radical (unpaired) electrons. The Hall–Kier alpha value is -0.560. The van der Waals surface area contributed by atoms with E-state index in [0.29, 0.717) is 0 Å². The predicted molar refractivity (Wildman–Crippen MR) is 60.7 cm³/mol. The molecule has 0 saturated carbocycles. The molecule has 2 N–H and O–H groups in total. The van der Waals surface area contributed by atoms with Gasteiger partial charge in [0.15, 0.2) is 0 Å². The van der Waals surface area contributed by atoms with E-state index in [1.165, 1.54) is 24.0 Å². The molecule has 0 aliphatic rings. The number of nitrogens with two attached hydrogens (primary N) is 1. The standard InChI is InChI=1S/C12H23N/c1-5-7-8-10(3)12(6-2)9-11(4)13/h8-9,11H,5-7,13H2,1-4H3. The summed E-state index contributed by atoms with van der Waals surface area (Å²) >= 11 is 0. The van der Waals surface area contributed by atoms with Crippen molar-refractivity contribution in [1.82, 2.24) is 0 Å². The second-order valence-corrected chi connectivity index (χ2v) is 3.58. The van der Waals surface area contributed by atoms with Gasteiger partial charge in [-0.2, -0.15) is 0 Å². The normalized spacial score (nSPS) is 16.1. The first-order valence-electron chi connectivity index (χ1n) is 5.25. The first-order chi connectivity index (χ1) is 6.11. The van der Waals surface area contributed by atoms with Crippen LogP contribution in [-0.2, 0) is 0 Å². The zero-order chi connectivity index (χ0) is 10.3. The molecule has 0 bridgehead atoms. The van der Waals surface area contributed by atoms with Crippen LogP contribution < -0.4 is 5.73 Å². The third-order valence-corrected chi connectivity index (χ3v) is 2.09. The number of rotatable bonds is 5. The van der Waals surface area contributed by atoms with Gasteiger partial charge in [-0.3, -0.25) is 0 Å². The minimum Gasteiger partial charge on any atom is -0.325 e. The van der Waals surface area contributed by atoms with Crippen LogP contribution in [0.15, 0.2) is 23.3 Å². The Kier molecular flexibility index (Phi) is 6.61. The van der Waals surface area contributed by atoms with Gasteiger partial charge in [0.25, 0.3) is 0 Å². The fourth-order valence-electron chi connectivity index (χ4n) is 1.34. The van der Waals surface area contributed by atoms with Gasteiger partial charge in [-0.1, -0.05) is 38.0 Å². The van der Waals surface area contributed by atoms with E-state index >= 15 is 0 Å². The molecule has 0 heterocycles. The highest BCUT2D eigenvalue weighted by molar-refractivity contribution is 5.29. The van der Waals surface area contributed by atoms with E-state index < -0.39 is 0 Å². The Labute approximate surface area is 82.7 Å². The van der Waals surface area contributed by atoms with E-state index in [0.717, 1.165) is 6.42 Å². The quantitative estimate of drug-likeness (QED) is 0.646. The first kappa shape index (κ1) is 12.4. The Morgan fingerprint density at radius 1 is 1.38 bits per heavy atom. The van der Waals surface area contributed by atoms with Gasteiger partial charge in [-0.15, -0.1) is 0 Å². The van der Waals surface area contributed by atoms with Crippen molar-refractivity contribution >= 4 is 0 Å². The molecule has 1 unspecified atom stereocenters. The van der Waals surface area contributed by atoms with Gasteiger partial charge < -0.3 is 5.73 Å². The number of unbranched alkanes of at least 4 members (excludes halogenated alkanes) is 1. The maximum Gasteiger partial charge on any atom is 0.0200 e. The summed E-state index contributed by atoms with van der Waals surface area (Å²) in [6.07, 6.45) is 7.92. The highest BCUT2D eigenvalue weighted by Gasteiger charge is 1.98. The smallest absolute Gasteiger partial charge is 0.0200 e. The van der Waals surface area contributed by atoms with Gasteiger partial charge in [-0.25, -0.2) is 0 Å². The second-order valence-electron chi connectivity index (χ2n) is 3.58. The molecule has 1 nitrogen and oxygen atoms in total. The van der Waals surface area contributed by atoms with Crippen molar-refractivity contribution in [1.29, 1.82) is 0 Å². The molecular formula is C12H23N. The maximum absolute atomic E-state index is 5.73. The van der Waals surface area contributed by atoms with Crippen molar-refractivity contribution in [2.75, 3.05) is 0 Å². The summed E-state index contributed by atoms with van der Waals surface area (Å²) in [6.45, 7) is 8.57. The predicted octanol–water partition coefficient (Wildman–Crippen LogP) is 3.42. The van der Waals surface area contributed by atoms with E-state index in [4.69, 9.17) is 5.73 Å². The van der Waals surface area contributed by atoms with E-state index in [2.05, 4.69) is 32.9 Å². The molecule has 13 heavy (non-hydrogen) atoms.